The van der Waals surface area contributed by atoms with E-state index in [0.717, 1.165) is 43.8 Å². The van der Waals surface area contributed by atoms with E-state index in [1.807, 2.05) is 141 Å². The molecule has 0 saturated carbocycles. The fourth-order valence-corrected chi connectivity index (χ4v) is 15.2. The van der Waals surface area contributed by atoms with Crippen LogP contribution in [-0.2, 0) is 27.1 Å². The quantitative estimate of drug-likeness (QED) is 0.0442. The molecular formula is C93H84N28O6S. The first-order valence-corrected chi connectivity index (χ1v) is 41.5. The van der Waals surface area contributed by atoms with Gasteiger partial charge in [0.2, 0.25) is 0 Å². The zero-order chi connectivity index (χ0) is 89.9. The fourth-order valence-electron chi connectivity index (χ4n) is 14.6. The second-order valence-electron chi connectivity index (χ2n) is 30.7. The Bertz CT molecular complexity index is 7790. The van der Waals surface area contributed by atoms with Crippen molar-refractivity contribution in [3.05, 3.63) is 321 Å². The van der Waals surface area contributed by atoms with Crippen LogP contribution in [0.3, 0.4) is 0 Å². The molecule has 0 radical (unpaired) electrons. The SMILES string of the molecule is CC(C)c1ccn2nc(N)c(C(=O)N[C@@H](C)c3nc4cccc(C#Cc5cnn(C)c5)c4c(=O)n3-c3ccccc3)c2n1.Cc1c(C#Cc2cccc3nc([C@H](C)NC(=O)c4c(N)nn5ccc(C(C)C)nc45)n(-c4ccccc4)c(=O)c23)cnn1C.Cc1ncc(C#Cc2cccc3nc([C@H](C)NC(=O)c4c(N)nn5cccnc45)n(CCc4cnc[nH]4)c(=O)c23)s1. The summed E-state index contributed by atoms with van der Waals surface area (Å²) in [4.78, 5) is 124. The topological polar surface area (TPSA) is 438 Å². The Balaban J connectivity index is 0.000000141. The maximum atomic E-state index is 14.3. The normalized spacial score (nSPS) is 11.9. The number of carbonyl (C=O) groups is 3. The third-order valence-electron chi connectivity index (χ3n) is 21.2. The summed E-state index contributed by atoms with van der Waals surface area (Å²) >= 11 is 1.49. The van der Waals surface area contributed by atoms with E-state index < -0.39 is 35.8 Å². The summed E-state index contributed by atoms with van der Waals surface area (Å²) in [5.41, 5.74) is 28.3. The molecule has 0 aliphatic heterocycles. The zero-order valence-electron chi connectivity index (χ0n) is 71.3. The monoisotopic (exact) mass is 1720 g/mol. The Morgan fingerprint density at radius 2 is 0.945 bits per heavy atom. The number of nitrogen functional groups attached to an aromatic ring is 3. The highest BCUT2D eigenvalue weighted by molar-refractivity contribution is 7.12. The van der Waals surface area contributed by atoms with Gasteiger partial charge in [-0.3, -0.25) is 51.8 Å². The molecule has 0 bridgehead atoms. The lowest BCUT2D eigenvalue weighted by molar-refractivity contribution is 0.0931. The first-order chi connectivity index (χ1) is 61.7. The standard InChI is InChI=1S/C33H31N9O2.C32H29N9O2.C28H24N10O2S/c1-19(2)25-16-17-41-31(37-25)28(29(34)39-41)32(43)36-20(3)30-38-26-13-9-10-22(14-15-23-18-35-40(5)21(23)4)27(26)33(44)42(30)24-11-7-6-8-12-24;1-19(2)24-15-16-40-30(36-24)27(28(33)38-40)31(42)35-20(3)29-37-25-12-8-9-22(14-13-21-17-34-39(4)18-21)26(25)32(43)41(29)23-10-6-5-7-11-23;1-16(34-27(39)23-24(29)36-38-11-4-10-31-26(23)38)25-35-21-6-3-5-18(7-8-20-14-32-17(2)41-20)22(21)28(40)37(25)12-9-19-13-30-15-33-19/h6-13,16-20H,1-5H3,(H2,34,39)(H,36,43);5-12,15-20H,1-4H3,(H2,33,38)(H,35,42);3-6,10-11,13-16H,9,12H2,1-2H3,(H2,29,36)(H,30,33)(H,34,39)/t2*20-;16-/m000/s1. The molecule has 3 atom stereocenters. The minimum Gasteiger partial charge on any atom is -0.381 e. The smallest absolute Gasteiger partial charge is 0.267 e. The van der Waals surface area contributed by atoms with Gasteiger partial charge in [-0.25, -0.2) is 53.4 Å². The number of H-pyrrole nitrogens is 1. The summed E-state index contributed by atoms with van der Waals surface area (Å²) in [6.45, 7) is 17.5. The Kier molecular flexibility index (Phi) is 23.8. The van der Waals surface area contributed by atoms with Crippen LogP contribution in [0.25, 0.3) is 61.0 Å². The number of hydrogen-bond donors (Lipinski definition) is 7. The van der Waals surface area contributed by atoms with E-state index >= 15 is 0 Å². The van der Waals surface area contributed by atoms with Crippen molar-refractivity contribution in [3.8, 4) is 46.9 Å². The van der Waals surface area contributed by atoms with Crippen molar-refractivity contribution in [3.63, 3.8) is 0 Å². The third-order valence-corrected chi connectivity index (χ3v) is 22.0. The lowest BCUT2D eigenvalue weighted by Crippen LogP contribution is -2.34. The maximum absolute atomic E-state index is 14.3. The van der Waals surface area contributed by atoms with Crippen LogP contribution < -0.4 is 49.8 Å². The predicted molar refractivity (Wildman–Crippen MR) is 487 cm³/mol. The highest BCUT2D eigenvalue weighted by Gasteiger charge is 2.30. The highest BCUT2D eigenvalue weighted by atomic mass is 32.1. The average Bonchev–Trinajstić information content (AvgIpc) is 1.59. The van der Waals surface area contributed by atoms with Crippen LogP contribution in [0.2, 0.25) is 0 Å². The molecule has 0 saturated heterocycles. The third kappa shape index (κ3) is 17.2. The van der Waals surface area contributed by atoms with Crippen LogP contribution in [-0.4, -0.2) is 125 Å². The lowest BCUT2D eigenvalue weighted by atomic mass is 10.1. The number of fused-ring (bicyclic) bond motifs is 6. The minimum absolute atomic E-state index is 0.0517. The van der Waals surface area contributed by atoms with Crippen LogP contribution in [0.4, 0.5) is 17.5 Å². The molecule has 13 heterocycles. The molecule has 3 amide bonds. The number of thiazole rings is 1. The average molecular weight is 1720 g/mol. The summed E-state index contributed by atoms with van der Waals surface area (Å²) in [6.07, 6.45) is 17.4. The number of nitrogens with zero attached hydrogens (tertiary/aromatic N) is 21. The first kappa shape index (κ1) is 84.7. The fraction of sp³-hybridized carbons (Fsp3) is 0.194. The van der Waals surface area contributed by atoms with Crippen LogP contribution in [0.15, 0.2) is 210 Å². The molecule has 0 aliphatic carbocycles. The van der Waals surface area contributed by atoms with E-state index in [1.54, 1.807) is 145 Å². The number of nitrogens with two attached hydrogens (primary N) is 3. The lowest BCUT2D eigenvalue weighted by Gasteiger charge is -2.20. The van der Waals surface area contributed by atoms with Crippen molar-refractivity contribution in [2.45, 2.75) is 105 Å². The van der Waals surface area contributed by atoms with E-state index in [-0.39, 0.29) is 62.7 Å². The number of imidazole rings is 1. The van der Waals surface area contributed by atoms with Crippen molar-refractivity contribution in [1.29, 1.82) is 0 Å². The van der Waals surface area contributed by atoms with Gasteiger partial charge in [0.1, 0.15) is 34.2 Å². The van der Waals surface area contributed by atoms with Gasteiger partial charge in [-0.2, -0.15) is 10.2 Å². The summed E-state index contributed by atoms with van der Waals surface area (Å²) in [7, 11) is 3.67. The number of anilines is 3. The van der Waals surface area contributed by atoms with E-state index in [0.29, 0.717) is 108 Å². The Morgan fingerprint density at radius 1 is 0.477 bits per heavy atom. The predicted octanol–water partition coefficient (Wildman–Crippen LogP) is 10.5. The van der Waals surface area contributed by atoms with Crippen molar-refractivity contribution < 1.29 is 14.4 Å². The molecule has 13 aromatic heterocycles. The molecule has 10 N–H and O–H groups in total. The van der Waals surface area contributed by atoms with Crippen LogP contribution in [0.5, 0.6) is 0 Å². The van der Waals surface area contributed by atoms with E-state index in [9.17, 15) is 28.8 Å². The van der Waals surface area contributed by atoms with Gasteiger partial charge < -0.3 is 38.1 Å². The van der Waals surface area contributed by atoms with Crippen LogP contribution >= 0.6 is 11.3 Å². The largest absolute Gasteiger partial charge is 0.381 e. The molecular weight excluding hydrogens is 1640 g/mol. The van der Waals surface area contributed by atoms with Gasteiger partial charge in [-0.05, 0) is 131 Å². The second kappa shape index (κ2) is 35.9. The molecule has 0 aliphatic rings. The van der Waals surface area contributed by atoms with Gasteiger partial charge in [0.05, 0.1) is 114 Å². The number of carbonyl (C=O) groups excluding carboxylic acids is 3. The molecule has 35 heteroatoms. The van der Waals surface area contributed by atoms with Crippen molar-refractivity contribution in [1.82, 2.24) is 123 Å². The number of aromatic nitrogens is 22. The number of aryl methyl sites for hydroxylation is 4. The van der Waals surface area contributed by atoms with E-state index in [1.165, 1.54) is 34.0 Å². The second-order valence-corrected chi connectivity index (χ2v) is 31.9. The molecule has 0 fully saturated rings. The number of amides is 3. The van der Waals surface area contributed by atoms with Crippen molar-refractivity contribution in [2.75, 3.05) is 17.2 Å². The van der Waals surface area contributed by atoms with Gasteiger partial charge in [-0.1, -0.05) is 112 Å². The molecule has 638 valence electrons. The molecule has 34 nitrogen and oxygen atoms in total. The van der Waals surface area contributed by atoms with Gasteiger partial charge in [0.25, 0.3) is 34.4 Å². The summed E-state index contributed by atoms with van der Waals surface area (Å²) < 4.78 is 12.4. The minimum atomic E-state index is -0.699. The summed E-state index contributed by atoms with van der Waals surface area (Å²) in [5.74, 6) is 18.9. The summed E-state index contributed by atoms with van der Waals surface area (Å²) in [6, 6.07) is 37.8. The van der Waals surface area contributed by atoms with Gasteiger partial charge in [-0.15, -0.1) is 26.6 Å². The molecule has 18 rings (SSSR count). The molecule has 5 aromatic carbocycles. The Labute approximate surface area is 734 Å². The van der Waals surface area contributed by atoms with E-state index in [2.05, 4.69) is 107 Å². The Morgan fingerprint density at radius 3 is 1.41 bits per heavy atom. The maximum Gasteiger partial charge on any atom is 0.267 e. The highest BCUT2D eigenvalue weighted by Crippen LogP contribution is 2.29. The number of rotatable bonds is 16. The number of nitrogens with one attached hydrogen (secondary N) is 4. The Hall–Kier alpha value is -16.9. The number of aromatic amines is 1. The molecule has 128 heavy (non-hydrogen) atoms. The van der Waals surface area contributed by atoms with Crippen LogP contribution in [0, 0.1) is 49.4 Å². The summed E-state index contributed by atoms with van der Waals surface area (Å²) in [5, 5.41) is 32.1. The van der Waals surface area contributed by atoms with Gasteiger partial charge in [0, 0.05) is 98.0 Å². The van der Waals surface area contributed by atoms with E-state index in [4.69, 9.17) is 32.2 Å². The first-order valence-electron chi connectivity index (χ1n) is 40.7. The van der Waals surface area contributed by atoms with Crippen molar-refractivity contribution in [2.24, 2.45) is 14.1 Å². The number of para-hydroxylation sites is 2. The molecule has 0 spiro atoms. The van der Waals surface area contributed by atoms with Gasteiger partial charge >= 0.3 is 0 Å². The van der Waals surface area contributed by atoms with Crippen molar-refractivity contribution >= 4 is 96.2 Å². The zero-order valence-corrected chi connectivity index (χ0v) is 72.1. The van der Waals surface area contributed by atoms with Crippen LogP contribution in [0.1, 0.15) is 187 Å². The number of benzene rings is 5. The molecule has 18 aromatic rings. The molecule has 0 unspecified atom stereocenters. The number of hydrogen-bond acceptors (Lipinski definition) is 23. The van der Waals surface area contributed by atoms with Gasteiger partial charge in [0.15, 0.2) is 34.4 Å².